The van der Waals surface area contributed by atoms with E-state index in [4.69, 9.17) is 22.1 Å². The van der Waals surface area contributed by atoms with Crippen LogP contribution >= 0.6 is 11.6 Å². The molecule has 1 saturated carbocycles. The monoisotopic (exact) mass is 248 g/mol. The third-order valence-corrected chi connectivity index (χ3v) is 3.03. The molecule has 0 aromatic carbocycles. The second-order valence-electron chi connectivity index (χ2n) is 4.07. The second-order valence-corrected chi connectivity index (χ2v) is 4.48. The Morgan fingerprint density at radius 2 is 2.12 bits per heavy atom. The minimum atomic E-state index is -2.70. The summed E-state index contributed by atoms with van der Waals surface area (Å²) < 4.78 is 30.6. The van der Waals surface area contributed by atoms with Crippen molar-refractivity contribution in [2.24, 2.45) is 5.73 Å². The third kappa shape index (κ3) is 1.85. The number of ether oxygens (including phenoxy) is 1. The predicted octanol–water partition coefficient (Wildman–Crippen LogP) is 2.33. The van der Waals surface area contributed by atoms with Gasteiger partial charge >= 0.3 is 0 Å². The Hall–Kier alpha value is -0.940. The van der Waals surface area contributed by atoms with E-state index in [1.54, 1.807) is 0 Å². The number of alkyl halides is 2. The molecule has 2 N–H and O–H groups in total. The van der Waals surface area contributed by atoms with Crippen LogP contribution in [0.1, 0.15) is 18.4 Å². The molecule has 0 amide bonds. The standard InChI is InChI=1S/C10H11ClF2N2O/c1-16-8-2-6(7(11)3-15-8)9(14)4-10(12,13)5-9/h2-3H,4-5,14H2,1H3. The Balaban J connectivity index is 2.34. The number of halogens is 3. The fraction of sp³-hybridized carbons (Fsp3) is 0.500. The molecule has 1 aliphatic rings. The highest BCUT2D eigenvalue weighted by molar-refractivity contribution is 6.31. The van der Waals surface area contributed by atoms with Gasteiger partial charge in [0.25, 0.3) is 5.92 Å². The van der Waals surface area contributed by atoms with Gasteiger partial charge in [0.1, 0.15) is 0 Å². The number of nitrogens with zero attached hydrogens (tertiary/aromatic N) is 1. The van der Waals surface area contributed by atoms with Crippen molar-refractivity contribution in [2.45, 2.75) is 24.3 Å². The molecular formula is C10H11ClF2N2O. The molecule has 0 atom stereocenters. The van der Waals surface area contributed by atoms with Crippen molar-refractivity contribution < 1.29 is 13.5 Å². The van der Waals surface area contributed by atoms with E-state index in [2.05, 4.69) is 4.98 Å². The highest BCUT2D eigenvalue weighted by Crippen LogP contribution is 2.51. The normalized spacial score (nSPS) is 21.3. The molecule has 6 heteroatoms. The molecule has 0 radical (unpaired) electrons. The van der Waals surface area contributed by atoms with Crippen molar-refractivity contribution in [2.75, 3.05) is 7.11 Å². The first-order chi connectivity index (χ1) is 7.36. The van der Waals surface area contributed by atoms with Gasteiger partial charge in [0.15, 0.2) is 0 Å². The zero-order valence-corrected chi connectivity index (χ0v) is 9.39. The van der Waals surface area contributed by atoms with E-state index in [-0.39, 0.29) is 0 Å². The maximum atomic E-state index is 12.9. The highest BCUT2D eigenvalue weighted by atomic mass is 35.5. The van der Waals surface area contributed by atoms with Crippen LogP contribution < -0.4 is 10.5 Å². The summed E-state index contributed by atoms with van der Waals surface area (Å²) in [5, 5.41) is 0.291. The molecule has 16 heavy (non-hydrogen) atoms. The second kappa shape index (κ2) is 3.53. The van der Waals surface area contributed by atoms with Crippen LogP contribution in [0.15, 0.2) is 12.3 Å². The first kappa shape index (κ1) is 11.5. The summed E-state index contributed by atoms with van der Waals surface area (Å²) in [6.07, 6.45) is 0.570. The number of hydrogen-bond donors (Lipinski definition) is 1. The Bertz CT molecular complexity index is 417. The summed E-state index contributed by atoms with van der Waals surface area (Å²) >= 11 is 5.90. The van der Waals surface area contributed by atoms with Crippen molar-refractivity contribution in [3.05, 3.63) is 22.8 Å². The van der Waals surface area contributed by atoms with Gasteiger partial charge in [0.2, 0.25) is 5.88 Å². The van der Waals surface area contributed by atoms with Gasteiger partial charge in [-0.25, -0.2) is 13.8 Å². The third-order valence-electron chi connectivity index (χ3n) is 2.72. The summed E-state index contributed by atoms with van der Waals surface area (Å²) in [5.74, 6) is -2.38. The number of pyridine rings is 1. The van der Waals surface area contributed by atoms with E-state index < -0.39 is 24.3 Å². The number of hydrogen-bond acceptors (Lipinski definition) is 3. The lowest BCUT2D eigenvalue weighted by atomic mass is 9.70. The van der Waals surface area contributed by atoms with Crippen molar-refractivity contribution in [3.8, 4) is 5.88 Å². The molecule has 3 nitrogen and oxygen atoms in total. The molecular weight excluding hydrogens is 238 g/mol. The van der Waals surface area contributed by atoms with Crippen molar-refractivity contribution in [3.63, 3.8) is 0 Å². The zero-order chi connectivity index (χ0) is 12.0. The van der Waals surface area contributed by atoms with Crippen LogP contribution in [0.2, 0.25) is 5.02 Å². The van der Waals surface area contributed by atoms with Crippen LogP contribution in [0, 0.1) is 0 Å². The lowest BCUT2D eigenvalue weighted by Gasteiger charge is -2.45. The number of rotatable bonds is 2. The first-order valence-corrected chi connectivity index (χ1v) is 5.11. The molecule has 0 saturated heterocycles. The molecule has 0 spiro atoms. The first-order valence-electron chi connectivity index (χ1n) is 4.73. The molecule has 1 aromatic rings. The van der Waals surface area contributed by atoms with Crippen molar-refractivity contribution >= 4 is 11.6 Å². The quantitative estimate of drug-likeness (QED) is 0.874. The average molecular weight is 249 g/mol. The van der Waals surface area contributed by atoms with Gasteiger partial charge in [0, 0.05) is 25.1 Å². The largest absolute Gasteiger partial charge is 0.481 e. The fourth-order valence-electron chi connectivity index (χ4n) is 1.97. The topological polar surface area (TPSA) is 48.1 Å². The lowest BCUT2D eigenvalue weighted by Crippen LogP contribution is -2.55. The van der Waals surface area contributed by atoms with E-state index in [1.807, 2.05) is 0 Å². The van der Waals surface area contributed by atoms with Crippen molar-refractivity contribution in [1.29, 1.82) is 0 Å². The van der Waals surface area contributed by atoms with Crippen molar-refractivity contribution in [1.82, 2.24) is 4.98 Å². The van der Waals surface area contributed by atoms with Gasteiger partial charge in [-0.2, -0.15) is 0 Å². The van der Waals surface area contributed by atoms with Crippen LogP contribution in [0.3, 0.4) is 0 Å². The van der Waals surface area contributed by atoms with Gasteiger partial charge in [-0.15, -0.1) is 0 Å². The summed E-state index contributed by atoms with van der Waals surface area (Å²) in [5.41, 5.74) is 5.27. The minimum Gasteiger partial charge on any atom is -0.481 e. The predicted molar refractivity (Wildman–Crippen MR) is 55.8 cm³/mol. The molecule has 0 unspecified atom stereocenters. The highest BCUT2D eigenvalue weighted by Gasteiger charge is 2.56. The van der Waals surface area contributed by atoms with Crippen LogP contribution in [-0.2, 0) is 5.54 Å². The van der Waals surface area contributed by atoms with Gasteiger partial charge < -0.3 is 10.5 Å². The Labute approximate surface area is 96.6 Å². The molecule has 0 aliphatic heterocycles. The van der Waals surface area contributed by atoms with E-state index in [0.29, 0.717) is 16.5 Å². The van der Waals surface area contributed by atoms with E-state index in [9.17, 15) is 8.78 Å². The summed E-state index contributed by atoms with van der Waals surface area (Å²) in [6.45, 7) is 0. The molecule has 1 heterocycles. The van der Waals surface area contributed by atoms with Gasteiger partial charge in [0.05, 0.1) is 17.7 Å². The molecule has 88 valence electrons. The van der Waals surface area contributed by atoms with Crippen LogP contribution in [0.5, 0.6) is 5.88 Å². The van der Waals surface area contributed by atoms with E-state index in [1.165, 1.54) is 19.4 Å². The van der Waals surface area contributed by atoms with Gasteiger partial charge in [-0.1, -0.05) is 11.6 Å². The zero-order valence-electron chi connectivity index (χ0n) is 8.64. The minimum absolute atomic E-state index is 0.291. The molecule has 1 fully saturated rings. The smallest absolute Gasteiger partial charge is 0.252 e. The lowest BCUT2D eigenvalue weighted by molar-refractivity contribution is -0.125. The van der Waals surface area contributed by atoms with Crippen LogP contribution in [0.4, 0.5) is 8.78 Å². The van der Waals surface area contributed by atoms with Crippen LogP contribution in [0.25, 0.3) is 0 Å². The number of nitrogens with two attached hydrogens (primary N) is 1. The van der Waals surface area contributed by atoms with Crippen LogP contribution in [-0.4, -0.2) is 18.0 Å². The molecule has 2 rings (SSSR count). The Morgan fingerprint density at radius 3 is 2.62 bits per heavy atom. The van der Waals surface area contributed by atoms with Gasteiger partial charge in [-0.3, -0.25) is 0 Å². The average Bonchev–Trinajstić information content (AvgIpc) is 2.15. The molecule has 1 aliphatic carbocycles. The SMILES string of the molecule is COc1cc(C2(N)CC(F)(F)C2)c(Cl)cn1. The molecule has 0 bridgehead atoms. The maximum Gasteiger partial charge on any atom is 0.252 e. The molecule has 1 aromatic heterocycles. The summed E-state index contributed by atoms with van der Waals surface area (Å²) in [6, 6.07) is 1.51. The number of aromatic nitrogens is 1. The van der Waals surface area contributed by atoms with E-state index in [0.717, 1.165) is 0 Å². The number of methoxy groups -OCH3 is 1. The van der Waals surface area contributed by atoms with Gasteiger partial charge in [-0.05, 0) is 5.56 Å². The fourth-order valence-corrected chi connectivity index (χ4v) is 2.27. The summed E-state index contributed by atoms with van der Waals surface area (Å²) in [4.78, 5) is 3.87. The summed E-state index contributed by atoms with van der Waals surface area (Å²) in [7, 11) is 1.44. The Kier molecular flexibility index (Phi) is 2.55. The Morgan fingerprint density at radius 1 is 1.50 bits per heavy atom. The maximum absolute atomic E-state index is 12.9. The van der Waals surface area contributed by atoms with E-state index >= 15 is 0 Å².